The summed E-state index contributed by atoms with van der Waals surface area (Å²) in [5, 5.41) is 20.1. The maximum absolute atomic E-state index is 10.0. The van der Waals surface area contributed by atoms with Crippen molar-refractivity contribution in [3.63, 3.8) is 0 Å². The Bertz CT molecular complexity index is 613. The number of quaternary nitrogens is 2. The van der Waals surface area contributed by atoms with Gasteiger partial charge in [-0.15, -0.1) is 0 Å². The summed E-state index contributed by atoms with van der Waals surface area (Å²) in [5.74, 6) is -2.00. The van der Waals surface area contributed by atoms with Gasteiger partial charge in [0, 0.05) is 47.6 Å². The summed E-state index contributed by atoms with van der Waals surface area (Å²) in [6.07, 6.45) is 5.23. The van der Waals surface area contributed by atoms with Crippen molar-refractivity contribution in [3.8, 4) is 0 Å². The van der Waals surface area contributed by atoms with E-state index < -0.39 is 11.9 Å². The van der Waals surface area contributed by atoms with E-state index in [1.807, 2.05) is 48.5 Å². The van der Waals surface area contributed by atoms with E-state index in [2.05, 4.69) is 11.5 Å². The maximum atomic E-state index is 10.0. The predicted octanol–water partition coefficient (Wildman–Crippen LogP) is -0.109. The number of aliphatic carboxylic acids is 2. The third kappa shape index (κ3) is 18.3. The molecule has 0 heterocycles. The molecule has 30 heavy (non-hydrogen) atoms. The van der Waals surface area contributed by atoms with Gasteiger partial charge in [-0.1, -0.05) is 25.7 Å². The Hall–Kier alpha value is -3.10. The van der Waals surface area contributed by atoms with Crippen molar-refractivity contribution in [2.45, 2.75) is 51.4 Å². The second-order valence-corrected chi connectivity index (χ2v) is 6.85. The van der Waals surface area contributed by atoms with E-state index in [0.29, 0.717) is 12.8 Å². The normalized spacial score (nSPS) is 9.53. The molecule has 2 aromatic carbocycles. The molecule has 10 N–H and O–H groups in total. The van der Waals surface area contributed by atoms with Gasteiger partial charge in [-0.2, -0.15) is 0 Å². The first kappa shape index (κ1) is 26.9. The van der Waals surface area contributed by atoms with Crippen molar-refractivity contribution in [3.05, 3.63) is 48.5 Å². The predicted molar refractivity (Wildman–Crippen MR) is 114 cm³/mol. The van der Waals surface area contributed by atoms with Gasteiger partial charge in [0.2, 0.25) is 0 Å². The van der Waals surface area contributed by atoms with Gasteiger partial charge in [0.1, 0.15) is 11.4 Å². The number of carbonyl (C=O) groups excluding carboxylic acids is 2. The van der Waals surface area contributed by atoms with Gasteiger partial charge in [0.25, 0.3) is 0 Å². The highest BCUT2D eigenvalue weighted by Crippen LogP contribution is 2.08. The smallest absolute Gasteiger partial charge is 0.128 e. The van der Waals surface area contributed by atoms with E-state index >= 15 is 0 Å². The molecule has 8 nitrogen and oxygen atoms in total. The number of carbonyl (C=O) groups is 2. The molecule has 2 aromatic rings. The van der Waals surface area contributed by atoms with Gasteiger partial charge in [-0.25, -0.2) is 0 Å². The molecule has 0 aromatic heterocycles. The fourth-order valence-corrected chi connectivity index (χ4v) is 2.28. The molecule has 0 spiro atoms. The Morgan fingerprint density at radius 1 is 0.600 bits per heavy atom. The van der Waals surface area contributed by atoms with Crippen LogP contribution in [-0.2, 0) is 9.59 Å². The maximum Gasteiger partial charge on any atom is 0.128 e. The molecule has 0 saturated carbocycles. The number of carboxylic acids is 2. The molecule has 0 fully saturated rings. The molecular formula is C22H34N4O4. The van der Waals surface area contributed by atoms with Crippen LogP contribution in [0.5, 0.6) is 0 Å². The number of carboxylic acid groups (broad SMARTS) is 2. The molecule has 8 heteroatoms. The van der Waals surface area contributed by atoms with Crippen LogP contribution in [0, 0.1) is 0 Å². The zero-order valence-corrected chi connectivity index (χ0v) is 17.5. The van der Waals surface area contributed by atoms with Crippen LogP contribution in [0.4, 0.5) is 22.7 Å². The van der Waals surface area contributed by atoms with Gasteiger partial charge in [-0.3, -0.25) is 0 Å². The number of anilines is 2. The van der Waals surface area contributed by atoms with E-state index in [0.717, 1.165) is 48.4 Å². The Balaban J connectivity index is 0.000000447. The fraction of sp³-hybridized carbons (Fsp3) is 0.364. The highest BCUT2D eigenvalue weighted by atomic mass is 16.4. The Morgan fingerprint density at radius 3 is 1.10 bits per heavy atom. The average molecular weight is 419 g/mol. The summed E-state index contributed by atoms with van der Waals surface area (Å²) in [4.78, 5) is 20.1. The second kappa shape index (κ2) is 16.8. The quantitative estimate of drug-likeness (QED) is 0.324. The SMILES string of the molecule is Nc1ccc([NH3+])cc1.Nc1ccc([NH3+])cc1.O=C([O-])CCCCCCCCC(=O)[O-]. The summed E-state index contributed by atoms with van der Waals surface area (Å²) in [6, 6.07) is 14.9. The van der Waals surface area contributed by atoms with Crippen LogP contribution in [0.3, 0.4) is 0 Å². The molecule has 0 bridgehead atoms. The van der Waals surface area contributed by atoms with E-state index in [4.69, 9.17) is 11.5 Å². The lowest BCUT2D eigenvalue weighted by atomic mass is 10.1. The summed E-state index contributed by atoms with van der Waals surface area (Å²) >= 11 is 0. The van der Waals surface area contributed by atoms with Crippen LogP contribution in [0.2, 0.25) is 0 Å². The Labute approximate surface area is 177 Å². The third-order valence-electron chi connectivity index (χ3n) is 3.97. The highest BCUT2D eigenvalue weighted by molar-refractivity contribution is 5.64. The van der Waals surface area contributed by atoms with Crippen molar-refractivity contribution >= 4 is 34.7 Å². The molecule has 0 aliphatic heterocycles. The zero-order valence-electron chi connectivity index (χ0n) is 17.5. The second-order valence-electron chi connectivity index (χ2n) is 6.85. The third-order valence-corrected chi connectivity index (χ3v) is 3.97. The van der Waals surface area contributed by atoms with Crippen molar-refractivity contribution in [1.29, 1.82) is 0 Å². The topological polar surface area (TPSA) is 188 Å². The van der Waals surface area contributed by atoms with Crippen molar-refractivity contribution < 1.29 is 31.3 Å². The molecule has 0 unspecified atom stereocenters. The van der Waals surface area contributed by atoms with Gasteiger partial charge >= 0.3 is 0 Å². The molecule has 0 aliphatic rings. The molecular weight excluding hydrogens is 384 g/mol. The summed E-state index contributed by atoms with van der Waals surface area (Å²) in [5.41, 5.74) is 21.8. The van der Waals surface area contributed by atoms with Gasteiger partial charge in [0.15, 0.2) is 0 Å². The van der Waals surface area contributed by atoms with Crippen LogP contribution in [-0.4, -0.2) is 11.9 Å². The van der Waals surface area contributed by atoms with E-state index in [1.54, 1.807) is 0 Å². The first-order valence-corrected chi connectivity index (χ1v) is 9.95. The minimum absolute atomic E-state index is 0.124. The Kier molecular flexibility index (Phi) is 15.1. The molecule has 166 valence electrons. The van der Waals surface area contributed by atoms with Crippen LogP contribution in [0.15, 0.2) is 48.5 Å². The number of nitrogen functional groups attached to an aromatic ring is 2. The zero-order chi connectivity index (χ0) is 22.8. The highest BCUT2D eigenvalue weighted by Gasteiger charge is 1.92. The number of unbranched alkanes of at least 4 members (excludes halogenated alkanes) is 5. The lowest BCUT2D eigenvalue weighted by molar-refractivity contribution is -0.307. The molecule has 0 atom stereocenters. The summed E-state index contributed by atoms with van der Waals surface area (Å²) < 4.78 is 0. The van der Waals surface area contributed by atoms with Gasteiger partial charge < -0.3 is 42.7 Å². The molecule has 0 amide bonds. The van der Waals surface area contributed by atoms with E-state index in [1.165, 1.54) is 0 Å². The van der Waals surface area contributed by atoms with E-state index in [-0.39, 0.29) is 12.8 Å². The Morgan fingerprint density at radius 2 is 0.867 bits per heavy atom. The van der Waals surface area contributed by atoms with Crippen LogP contribution in [0.25, 0.3) is 0 Å². The first-order valence-electron chi connectivity index (χ1n) is 9.95. The monoisotopic (exact) mass is 418 g/mol. The fourth-order valence-electron chi connectivity index (χ4n) is 2.28. The van der Waals surface area contributed by atoms with Crippen molar-refractivity contribution in [1.82, 2.24) is 0 Å². The van der Waals surface area contributed by atoms with Crippen LogP contribution in [0.1, 0.15) is 51.4 Å². The summed E-state index contributed by atoms with van der Waals surface area (Å²) in [7, 11) is 0. The van der Waals surface area contributed by atoms with Crippen LogP contribution >= 0.6 is 0 Å². The standard InChI is InChI=1S/C10H18O4.2C6H8N2/c11-9(12)7-5-3-1-2-4-6-8-10(13)14;2*7-5-1-2-6(8)4-3-5/h1-8H2,(H,11,12)(H,13,14);2*1-4H,7-8H2. The lowest BCUT2D eigenvalue weighted by Crippen LogP contribution is -2.39. The largest absolute Gasteiger partial charge is 0.550 e. The molecule has 0 radical (unpaired) electrons. The minimum atomic E-state index is -0.998. The average Bonchev–Trinajstić information content (AvgIpc) is 2.69. The van der Waals surface area contributed by atoms with Gasteiger partial charge in [-0.05, 0) is 49.9 Å². The molecule has 2 rings (SSSR count). The van der Waals surface area contributed by atoms with Crippen LogP contribution < -0.4 is 33.1 Å². The molecule has 0 aliphatic carbocycles. The lowest BCUT2D eigenvalue weighted by Gasteiger charge is -2.03. The minimum Gasteiger partial charge on any atom is -0.550 e. The van der Waals surface area contributed by atoms with Gasteiger partial charge in [0.05, 0.1) is 0 Å². The number of rotatable bonds is 9. The van der Waals surface area contributed by atoms with Crippen molar-refractivity contribution in [2.24, 2.45) is 0 Å². The van der Waals surface area contributed by atoms with E-state index in [9.17, 15) is 19.8 Å². The number of hydrogen-bond donors (Lipinski definition) is 4. The number of nitrogens with two attached hydrogens (primary N) is 2. The first-order chi connectivity index (χ1) is 14.2. The van der Waals surface area contributed by atoms with Crippen molar-refractivity contribution in [2.75, 3.05) is 11.5 Å². The molecule has 0 saturated heterocycles. The number of benzene rings is 2. The summed E-state index contributed by atoms with van der Waals surface area (Å²) in [6.45, 7) is 0. The number of hydrogen-bond acceptors (Lipinski definition) is 6.